The van der Waals surface area contributed by atoms with E-state index in [4.69, 9.17) is 9.47 Å². The maximum Gasteiger partial charge on any atom is 0.0897 e. The summed E-state index contributed by atoms with van der Waals surface area (Å²) in [6, 6.07) is 0. The average Bonchev–Trinajstić information content (AvgIpc) is 2.77. The number of hydrogen-bond donors (Lipinski definition) is 2. The molecule has 2 atom stereocenters. The SMILES string of the molecule is CCCCOCC(O)CNCC1CCOC1. The second-order valence-corrected chi connectivity index (χ2v) is 4.47. The van der Waals surface area contributed by atoms with E-state index in [1.165, 1.54) is 0 Å². The van der Waals surface area contributed by atoms with Gasteiger partial charge in [-0.2, -0.15) is 0 Å². The van der Waals surface area contributed by atoms with E-state index in [0.717, 1.165) is 45.6 Å². The largest absolute Gasteiger partial charge is 0.389 e. The molecule has 1 aliphatic heterocycles. The van der Waals surface area contributed by atoms with E-state index in [1.54, 1.807) is 0 Å². The molecule has 1 heterocycles. The van der Waals surface area contributed by atoms with Gasteiger partial charge in [0.25, 0.3) is 0 Å². The van der Waals surface area contributed by atoms with E-state index >= 15 is 0 Å². The Bertz CT molecular complexity index is 160. The van der Waals surface area contributed by atoms with Crippen LogP contribution in [0.2, 0.25) is 0 Å². The van der Waals surface area contributed by atoms with Crippen molar-refractivity contribution >= 4 is 0 Å². The molecule has 4 nitrogen and oxygen atoms in total. The molecule has 1 rings (SSSR count). The first-order valence-corrected chi connectivity index (χ1v) is 6.37. The van der Waals surface area contributed by atoms with Gasteiger partial charge in [-0.1, -0.05) is 13.3 Å². The lowest BCUT2D eigenvalue weighted by atomic mass is 10.1. The van der Waals surface area contributed by atoms with Crippen LogP contribution in [0.15, 0.2) is 0 Å². The van der Waals surface area contributed by atoms with Crippen molar-refractivity contribution in [1.82, 2.24) is 5.32 Å². The molecule has 1 aliphatic rings. The van der Waals surface area contributed by atoms with Crippen molar-refractivity contribution in [2.24, 2.45) is 5.92 Å². The van der Waals surface area contributed by atoms with Crippen LogP contribution in [0.1, 0.15) is 26.2 Å². The Morgan fingerprint density at radius 3 is 3.12 bits per heavy atom. The molecular weight excluding hydrogens is 206 g/mol. The fourth-order valence-corrected chi connectivity index (χ4v) is 1.72. The second kappa shape index (κ2) is 8.93. The summed E-state index contributed by atoms with van der Waals surface area (Å²) < 4.78 is 10.6. The van der Waals surface area contributed by atoms with Gasteiger partial charge >= 0.3 is 0 Å². The molecule has 1 saturated heterocycles. The highest BCUT2D eigenvalue weighted by atomic mass is 16.5. The van der Waals surface area contributed by atoms with Gasteiger partial charge in [-0.25, -0.2) is 0 Å². The van der Waals surface area contributed by atoms with E-state index in [2.05, 4.69) is 12.2 Å². The predicted molar refractivity (Wildman–Crippen MR) is 63.5 cm³/mol. The highest BCUT2D eigenvalue weighted by Gasteiger charge is 2.15. The van der Waals surface area contributed by atoms with Crippen LogP contribution < -0.4 is 5.32 Å². The summed E-state index contributed by atoms with van der Waals surface area (Å²) in [5.41, 5.74) is 0. The number of ether oxygens (including phenoxy) is 2. The summed E-state index contributed by atoms with van der Waals surface area (Å²) in [6.07, 6.45) is 2.95. The summed E-state index contributed by atoms with van der Waals surface area (Å²) in [7, 11) is 0. The first kappa shape index (κ1) is 13.9. The van der Waals surface area contributed by atoms with Gasteiger partial charge in [-0.15, -0.1) is 0 Å². The summed E-state index contributed by atoms with van der Waals surface area (Å²) in [4.78, 5) is 0. The Labute approximate surface area is 98.3 Å². The molecule has 0 radical (unpaired) electrons. The zero-order chi connectivity index (χ0) is 11.6. The molecule has 0 saturated carbocycles. The summed E-state index contributed by atoms with van der Waals surface area (Å²) >= 11 is 0. The number of nitrogens with one attached hydrogen (secondary N) is 1. The van der Waals surface area contributed by atoms with Gasteiger partial charge in [0.05, 0.1) is 19.3 Å². The topological polar surface area (TPSA) is 50.7 Å². The number of hydrogen-bond acceptors (Lipinski definition) is 4. The lowest BCUT2D eigenvalue weighted by Gasteiger charge is -2.14. The van der Waals surface area contributed by atoms with Crippen LogP contribution in [0.4, 0.5) is 0 Å². The third-order valence-corrected chi connectivity index (χ3v) is 2.79. The molecule has 2 unspecified atom stereocenters. The third-order valence-electron chi connectivity index (χ3n) is 2.79. The van der Waals surface area contributed by atoms with Crippen molar-refractivity contribution < 1.29 is 14.6 Å². The maximum absolute atomic E-state index is 9.60. The van der Waals surface area contributed by atoms with Crippen molar-refractivity contribution in [3.8, 4) is 0 Å². The van der Waals surface area contributed by atoms with Gasteiger partial charge in [-0.3, -0.25) is 0 Å². The summed E-state index contributed by atoms with van der Waals surface area (Å²) in [6.45, 7) is 6.61. The minimum absolute atomic E-state index is 0.390. The zero-order valence-electron chi connectivity index (χ0n) is 10.3. The zero-order valence-corrected chi connectivity index (χ0v) is 10.3. The Morgan fingerprint density at radius 1 is 1.56 bits per heavy atom. The molecule has 0 aromatic carbocycles. The molecular formula is C12H25NO3. The molecule has 96 valence electrons. The van der Waals surface area contributed by atoms with Crippen LogP contribution in [-0.4, -0.2) is 50.7 Å². The van der Waals surface area contributed by atoms with E-state index in [1.807, 2.05) is 0 Å². The average molecular weight is 231 g/mol. The van der Waals surface area contributed by atoms with Crippen LogP contribution in [0.25, 0.3) is 0 Å². The molecule has 0 spiro atoms. The van der Waals surface area contributed by atoms with Crippen molar-refractivity contribution in [1.29, 1.82) is 0 Å². The monoisotopic (exact) mass is 231 g/mol. The van der Waals surface area contributed by atoms with Gasteiger partial charge in [0.1, 0.15) is 0 Å². The standard InChI is InChI=1S/C12H25NO3/c1-2-3-5-15-10-12(14)8-13-7-11-4-6-16-9-11/h11-14H,2-10H2,1H3. The van der Waals surface area contributed by atoms with E-state index in [-0.39, 0.29) is 6.10 Å². The molecule has 4 heteroatoms. The van der Waals surface area contributed by atoms with Gasteiger partial charge in [0.2, 0.25) is 0 Å². The highest BCUT2D eigenvalue weighted by Crippen LogP contribution is 2.10. The normalized spacial score (nSPS) is 22.5. The van der Waals surface area contributed by atoms with Crippen molar-refractivity contribution in [3.63, 3.8) is 0 Å². The second-order valence-electron chi connectivity index (χ2n) is 4.47. The molecule has 0 aromatic rings. The fraction of sp³-hybridized carbons (Fsp3) is 1.00. The molecule has 0 amide bonds. The third kappa shape index (κ3) is 6.43. The van der Waals surface area contributed by atoms with Gasteiger partial charge in [0, 0.05) is 26.3 Å². The molecule has 0 aromatic heterocycles. The van der Waals surface area contributed by atoms with E-state index in [0.29, 0.717) is 19.1 Å². The van der Waals surface area contributed by atoms with Gasteiger partial charge in [0.15, 0.2) is 0 Å². The Morgan fingerprint density at radius 2 is 2.44 bits per heavy atom. The smallest absolute Gasteiger partial charge is 0.0897 e. The fourth-order valence-electron chi connectivity index (χ4n) is 1.72. The first-order valence-electron chi connectivity index (χ1n) is 6.37. The number of aliphatic hydroxyl groups is 1. The Hall–Kier alpha value is -0.160. The molecule has 1 fully saturated rings. The lowest BCUT2D eigenvalue weighted by molar-refractivity contribution is 0.0355. The summed E-state index contributed by atoms with van der Waals surface area (Å²) in [5.74, 6) is 0.619. The van der Waals surface area contributed by atoms with Gasteiger partial charge < -0.3 is 19.9 Å². The minimum atomic E-state index is -0.390. The van der Waals surface area contributed by atoms with Crippen molar-refractivity contribution in [2.45, 2.75) is 32.3 Å². The van der Waals surface area contributed by atoms with Crippen LogP contribution in [0.3, 0.4) is 0 Å². The number of unbranched alkanes of at least 4 members (excludes halogenated alkanes) is 1. The Kier molecular flexibility index (Phi) is 7.76. The van der Waals surface area contributed by atoms with Crippen LogP contribution in [-0.2, 0) is 9.47 Å². The van der Waals surface area contributed by atoms with Gasteiger partial charge in [-0.05, 0) is 18.8 Å². The first-order chi connectivity index (χ1) is 7.83. The molecule has 16 heavy (non-hydrogen) atoms. The molecule has 0 bridgehead atoms. The maximum atomic E-state index is 9.60. The van der Waals surface area contributed by atoms with Crippen molar-refractivity contribution in [3.05, 3.63) is 0 Å². The van der Waals surface area contributed by atoms with Crippen LogP contribution in [0, 0.1) is 5.92 Å². The Balaban J connectivity index is 1.87. The number of rotatable bonds is 9. The van der Waals surface area contributed by atoms with E-state index < -0.39 is 0 Å². The minimum Gasteiger partial charge on any atom is -0.389 e. The van der Waals surface area contributed by atoms with E-state index in [9.17, 15) is 5.11 Å². The van der Waals surface area contributed by atoms with Crippen molar-refractivity contribution in [2.75, 3.05) is 39.5 Å². The van der Waals surface area contributed by atoms with Crippen LogP contribution >= 0.6 is 0 Å². The highest BCUT2D eigenvalue weighted by molar-refractivity contribution is 4.68. The molecule has 0 aliphatic carbocycles. The summed E-state index contributed by atoms with van der Waals surface area (Å²) in [5, 5.41) is 12.9. The quantitative estimate of drug-likeness (QED) is 0.576. The lowest BCUT2D eigenvalue weighted by Crippen LogP contribution is -2.33. The predicted octanol–water partition coefficient (Wildman–Crippen LogP) is 0.790. The number of aliphatic hydroxyl groups excluding tert-OH is 1. The molecule has 2 N–H and O–H groups in total. The van der Waals surface area contributed by atoms with Crippen LogP contribution in [0.5, 0.6) is 0 Å².